The molecule has 1 aromatic carbocycles. The zero-order valence-corrected chi connectivity index (χ0v) is 12.9. The van der Waals surface area contributed by atoms with E-state index in [-0.39, 0.29) is 31.1 Å². The predicted octanol–water partition coefficient (Wildman–Crippen LogP) is 1.92. The quantitative estimate of drug-likeness (QED) is 0.693. The maximum atomic E-state index is 11.4. The van der Waals surface area contributed by atoms with Crippen LogP contribution in [0.1, 0.15) is 26.3 Å². The number of ether oxygens (including phenoxy) is 2. The first-order valence-corrected chi connectivity index (χ1v) is 6.81. The Labute approximate surface area is 128 Å². The fourth-order valence-electron chi connectivity index (χ4n) is 1.60. The number of phenols is 1. The molecule has 22 heavy (non-hydrogen) atoms. The molecule has 0 fully saturated rings. The maximum absolute atomic E-state index is 11.4. The Balaban J connectivity index is 2.39. The molecule has 0 atom stereocenters. The summed E-state index contributed by atoms with van der Waals surface area (Å²) in [5, 5.41) is 20.9. The molecule has 0 saturated heterocycles. The number of nitrogens with one attached hydrogen (secondary N) is 1. The van der Waals surface area contributed by atoms with Crippen LogP contribution in [0.5, 0.6) is 11.5 Å². The van der Waals surface area contributed by atoms with E-state index in [2.05, 4.69) is 5.32 Å². The number of aliphatic carboxylic acids is 1. The lowest BCUT2D eigenvalue weighted by atomic mass is 10.1. The van der Waals surface area contributed by atoms with Crippen molar-refractivity contribution < 1.29 is 29.3 Å². The van der Waals surface area contributed by atoms with Gasteiger partial charge in [-0.1, -0.05) is 6.07 Å². The SMILES string of the molecule is CC(C)(C)OC(=O)NCCOc1ccc(CC(=O)O)cc1O. The van der Waals surface area contributed by atoms with Crippen LogP contribution in [0.3, 0.4) is 0 Å². The molecule has 0 aliphatic heterocycles. The fraction of sp³-hybridized carbons (Fsp3) is 0.467. The van der Waals surface area contributed by atoms with E-state index in [4.69, 9.17) is 14.6 Å². The monoisotopic (exact) mass is 311 g/mol. The van der Waals surface area contributed by atoms with E-state index in [1.807, 2.05) is 0 Å². The van der Waals surface area contributed by atoms with Crippen LogP contribution in [0.15, 0.2) is 18.2 Å². The first-order valence-electron chi connectivity index (χ1n) is 6.81. The zero-order valence-electron chi connectivity index (χ0n) is 12.9. The van der Waals surface area contributed by atoms with Gasteiger partial charge in [-0.05, 0) is 38.5 Å². The zero-order chi connectivity index (χ0) is 16.8. The van der Waals surface area contributed by atoms with Crippen molar-refractivity contribution in [2.24, 2.45) is 0 Å². The lowest BCUT2D eigenvalue weighted by Gasteiger charge is -2.19. The van der Waals surface area contributed by atoms with Crippen LogP contribution in [-0.2, 0) is 16.0 Å². The number of hydrogen-bond donors (Lipinski definition) is 3. The van der Waals surface area contributed by atoms with Crippen LogP contribution < -0.4 is 10.1 Å². The minimum atomic E-state index is -0.977. The van der Waals surface area contributed by atoms with Gasteiger partial charge in [0, 0.05) is 0 Å². The molecule has 0 heterocycles. The van der Waals surface area contributed by atoms with Gasteiger partial charge in [-0.25, -0.2) is 4.79 Å². The van der Waals surface area contributed by atoms with Crippen molar-refractivity contribution in [3.8, 4) is 11.5 Å². The smallest absolute Gasteiger partial charge is 0.407 e. The Morgan fingerprint density at radius 1 is 1.27 bits per heavy atom. The minimum Gasteiger partial charge on any atom is -0.504 e. The summed E-state index contributed by atoms with van der Waals surface area (Å²) in [6, 6.07) is 4.39. The first-order chi connectivity index (χ1) is 10.2. The molecule has 0 bridgehead atoms. The van der Waals surface area contributed by atoms with Crippen LogP contribution in [0.4, 0.5) is 4.79 Å². The Morgan fingerprint density at radius 3 is 2.50 bits per heavy atom. The van der Waals surface area contributed by atoms with E-state index in [1.54, 1.807) is 26.8 Å². The van der Waals surface area contributed by atoms with Gasteiger partial charge < -0.3 is 25.0 Å². The molecule has 0 spiro atoms. The topological polar surface area (TPSA) is 105 Å². The van der Waals surface area contributed by atoms with Crippen LogP contribution in [0.25, 0.3) is 0 Å². The summed E-state index contributed by atoms with van der Waals surface area (Å²) in [6.07, 6.45) is -0.717. The molecule has 1 rings (SSSR count). The van der Waals surface area contributed by atoms with Crippen molar-refractivity contribution in [1.29, 1.82) is 0 Å². The lowest BCUT2D eigenvalue weighted by molar-refractivity contribution is -0.136. The molecule has 1 aromatic rings. The summed E-state index contributed by atoms with van der Waals surface area (Å²) in [4.78, 5) is 22.0. The summed E-state index contributed by atoms with van der Waals surface area (Å²) >= 11 is 0. The molecular formula is C15H21NO6. The van der Waals surface area contributed by atoms with E-state index >= 15 is 0 Å². The van der Waals surface area contributed by atoms with Crippen molar-refractivity contribution >= 4 is 12.1 Å². The van der Waals surface area contributed by atoms with Gasteiger partial charge in [0.05, 0.1) is 13.0 Å². The molecule has 0 saturated carbocycles. The van der Waals surface area contributed by atoms with Gasteiger partial charge in [-0.3, -0.25) is 4.79 Å². The molecule has 0 aliphatic carbocycles. The van der Waals surface area contributed by atoms with Crippen LogP contribution in [-0.4, -0.2) is 41.0 Å². The normalized spacial score (nSPS) is 10.9. The highest BCUT2D eigenvalue weighted by atomic mass is 16.6. The molecule has 3 N–H and O–H groups in total. The minimum absolute atomic E-state index is 0.143. The number of carbonyl (C=O) groups excluding carboxylic acids is 1. The predicted molar refractivity (Wildman–Crippen MR) is 79.2 cm³/mol. The maximum Gasteiger partial charge on any atom is 0.407 e. The van der Waals surface area contributed by atoms with Crippen molar-refractivity contribution in [3.63, 3.8) is 0 Å². The number of rotatable bonds is 6. The average Bonchev–Trinajstić information content (AvgIpc) is 2.33. The second-order valence-corrected chi connectivity index (χ2v) is 5.65. The van der Waals surface area contributed by atoms with Crippen molar-refractivity contribution in [3.05, 3.63) is 23.8 Å². The van der Waals surface area contributed by atoms with Gasteiger partial charge in [0.15, 0.2) is 11.5 Å². The van der Waals surface area contributed by atoms with Gasteiger partial charge in [0.1, 0.15) is 12.2 Å². The summed E-state index contributed by atoms with van der Waals surface area (Å²) in [7, 11) is 0. The highest BCUT2D eigenvalue weighted by molar-refractivity contribution is 5.70. The molecule has 1 amide bonds. The fourth-order valence-corrected chi connectivity index (χ4v) is 1.60. The highest BCUT2D eigenvalue weighted by Crippen LogP contribution is 2.26. The van der Waals surface area contributed by atoms with Crippen LogP contribution in [0.2, 0.25) is 0 Å². The third-order valence-electron chi connectivity index (χ3n) is 2.41. The Kier molecular flexibility index (Phi) is 6.03. The highest BCUT2D eigenvalue weighted by Gasteiger charge is 2.15. The van der Waals surface area contributed by atoms with Crippen LogP contribution >= 0.6 is 0 Å². The number of carboxylic acid groups (broad SMARTS) is 1. The number of carboxylic acids is 1. The summed E-state index contributed by atoms with van der Waals surface area (Å²) in [5.41, 5.74) is -0.0902. The summed E-state index contributed by atoms with van der Waals surface area (Å²) in [6.45, 7) is 5.65. The molecular weight excluding hydrogens is 290 g/mol. The largest absolute Gasteiger partial charge is 0.504 e. The molecule has 7 heteroatoms. The molecule has 0 unspecified atom stereocenters. The number of amides is 1. The van der Waals surface area contributed by atoms with Gasteiger partial charge in [-0.15, -0.1) is 0 Å². The van der Waals surface area contributed by atoms with Crippen LogP contribution in [0, 0.1) is 0 Å². The number of alkyl carbamates (subject to hydrolysis) is 1. The van der Waals surface area contributed by atoms with Gasteiger partial charge >= 0.3 is 12.1 Å². The molecule has 0 aliphatic rings. The molecule has 122 valence electrons. The van der Waals surface area contributed by atoms with E-state index < -0.39 is 17.7 Å². The number of phenolic OH excluding ortho intramolecular Hbond substituents is 1. The molecule has 0 aromatic heterocycles. The van der Waals surface area contributed by atoms with Crippen molar-refractivity contribution in [1.82, 2.24) is 5.32 Å². The summed E-state index contributed by atoms with van der Waals surface area (Å²) < 4.78 is 10.4. The Hall–Kier alpha value is -2.44. The van der Waals surface area contributed by atoms with E-state index in [1.165, 1.54) is 12.1 Å². The second kappa shape index (κ2) is 7.53. The lowest BCUT2D eigenvalue weighted by Crippen LogP contribution is -2.34. The molecule has 7 nitrogen and oxygen atoms in total. The molecule has 0 radical (unpaired) electrons. The van der Waals surface area contributed by atoms with E-state index in [9.17, 15) is 14.7 Å². The van der Waals surface area contributed by atoms with Gasteiger partial charge in [0.25, 0.3) is 0 Å². The Bertz CT molecular complexity index is 535. The van der Waals surface area contributed by atoms with Crippen molar-refractivity contribution in [2.75, 3.05) is 13.2 Å². The van der Waals surface area contributed by atoms with Gasteiger partial charge in [-0.2, -0.15) is 0 Å². The number of aromatic hydroxyl groups is 1. The first kappa shape index (κ1) is 17.6. The van der Waals surface area contributed by atoms with Gasteiger partial charge in [0.2, 0.25) is 0 Å². The third kappa shape index (κ3) is 6.83. The van der Waals surface area contributed by atoms with E-state index in [0.717, 1.165) is 0 Å². The standard InChI is InChI=1S/C15H21NO6/c1-15(2,3)22-14(20)16-6-7-21-12-5-4-10(8-11(12)17)9-13(18)19/h4-5,8,17H,6-7,9H2,1-3H3,(H,16,20)(H,18,19). The Morgan fingerprint density at radius 2 is 1.95 bits per heavy atom. The van der Waals surface area contributed by atoms with Crippen molar-refractivity contribution in [2.45, 2.75) is 32.8 Å². The second-order valence-electron chi connectivity index (χ2n) is 5.65. The number of carbonyl (C=O) groups is 2. The third-order valence-corrected chi connectivity index (χ3v) is 2.41. The summed E-state index contributed by atoms with van der Waals surface area (Å²) in [5.74, 6) is -0.897. The van der Waals surface area contributed by atoms with E-state index in [0.29, 0.717) is 5.56 Å². The number of hydrogen-bond acceptors (Lipinski definition) is 5. The average molecular weight is 311 g/mol. The number of benzene rings is 1.